The van der Waals surface area contributed by atoms with E-state index in [-0.39, 0.29) is 0 Å². The van der Waals surface area contributed by atoms with Gasteiger partial charge in [-0.1, -0.05) is 29.8 Å². The smallest absolute Gasteiger partial charge is 0.0653 e. The summed E-state index contributed by atoms with van der Waals surface area (Å²) in [5.74, 6) is 0. The summed E-state index contributed by atoms with van der Waals surface area (Å²) >= 11 is 3.56. The molecule has 2 N–H and O–H groups in total. The molecule has 20 heavy (non-hydrogen) atoms. The average Bonchev–Trinajstić information content (AvgIpc) is 2.37. The summed E-state index contributed by atoms with van der Waals surface area (Å²) in [5, 5.41) is 13.6. The topological polar surface area (TPSA) is 35.5 Å². The van der Waals surface area contributed by atoms with Gasteiger partial charge in [-0.2, -0.15) is 0 Å². The van der Waals surface area contributed by atoms with Gasteiger partial charge >= 0.3 is 0 Å². The molecule has 1 saturated heterocycles. The fourth-order valence-corrected chi connectivity index (χ4v) is 2.96. The van der Waals surface area contributed by atoms with Crippen LogP contribution in [0.25, 0.3) is 0 Å². The second-order valence-corrected chi connectivity index (χ2v) is 7.21. The second-order valence-electron chi connectivity index (χ2n) is 6.29. The summed E-state index contributed by atoms with van der Waals surface area (Å²) in [6.07, 6.45) is 1.67. The van der Waals surface area contributed by atoms with E-state index in [4.69, 9.17) is 0 Å². The standard InChI is InChI=1S/C16H25BrN2O/c1-12(2)18-11-13-10-14(17)4-5-15(13)19-8-6-16(3,20)7-9-19/h4-5,10,12,18,20H,6-9,11H2,1-3H3. The maximum Gasteiger partial charge on any atom is 0.0653 e. The second kappa shape index (κ2) is 6.46. The lowest BCUT2D eigenvalue weighted by atomic mass is 9.93. The van der Waals surface area contributed by atoms with E-state index in [1.165, 1.54) is 11.3 Å². The van der Waals surface area contributed by atoms with Crippen LogP contribution in [0.2, 0.25) is 0 Å². The molecule has 0 atom stereocenters. The molecule has 1 heterocycles. The van der Waals surface area contributed by atoms with Crippen LogP contribution in [0.3, 0.4) is 0 Å². The van der Waals surface area contributed by atoms with E-state index in [9.17, 15) is 5.11 Å². The molecule has 0 radical (unpaired) electrons. The van der Waals surface area contributed by atoms with Crippen LogP contribution in [-0.4, -0.2) is 29.8 Å². The molecular weight excluding hydrogens is 316 g/mol. The van der Waals surface area contributed by atoms with Crippen molar-refractivity contribution in [2.24, 2.45) is 0 Å². The lowest BCUT2D eigenvalue weighted by Gasteiger charge is -2.38. The zero-order valence-corrected chi connectivity index (χ0v) is 14.2. The number of hydrogen-bond acceptors (Lipinski definition) is 3. The third-order valence-electron chi connectivity index (χ3n) is 3.92. The molecule has 0 unspecified atom stereocenters. The van der Waals surface area contributed by atoms with Crippen molar-refractivity contribution in [1.29, 1.82) is 0 Å². The SMILES string of the molecule is CC(C)NCc1cc(Br)ccc1N1CCC(C)(O)CC1. The molecule has 2 rings (SSSR count). The van der Waals surface area contributed by atoms with Gasteiger partial charge in [0.2, 0.25) is 0 Å². The molecule has 4 heteroatoms. The summed E-state index contributed by atoms with van der Waals surface area (Å²) in [6.45, 7) is 8.98. The van der Waals surface area contributed by atoms with Crippen LogP contribution in [0.5, 0.6) is 0 Å². The van der Waals surface area contributed by atoms with Crippen molar-refractivity contribution >= 4 is 21.6 Å². The molecule has 0 bridgehead atoms. The number of hydrogen-bond donors (Lipinski definition) is 2. The van der Waals surface area contributed by atoms with Gasteiger partial charge in [0, 0.05) is 35.8 Å². The number of anilines is 1. The lowest BCUT2D eigenvalue weighted by Crippen LogP contribution is -2.43. The van der Waals surface area contributed by atoms with E-state index in [1.807, 2.05) is 6.92 Å². The molecule has 3 nitrogen and oxygen atoms in total. The third kappa shape index (κ3) is 4.21. The minimum Gasteiger partial charge on any atom is -0.390 e. The van der Waals surface area contributed by atoms with Gasteiger partial charge in [-0.15, -0.1) is 0 Å². The van der Waals surface area contributed by atoms with Gasteiger partial charge in [0.05, 0.1) is 5.60 Å². The van der Waals surface area contributed by atoms with Crippen molar-refractivity contribution in [2.75, 3.05) is 18.0 Å². The summed E-state index contributed by atoms with van der Waals surface area (Å²) in [4.78, 5) is 2.39. The fourth-order valence-electron chi connectivity index (χ4n) is 2.55. The molecule has 0 aromatic heterocycles. The van der Waals surface area contributed by atoms with Crippen molar-refractivity contribution in [2.45, 2.75) is 51.8 Å². The van der Waals surface area contributed by atoms with Gasteiger partial charge in [0.15, 0.2) is 0 Å². The number of nitrogens with one attached hydrogen (secondary N) is 1. The largest absolute Gasteiger partial charge is 0.390 e. The molecule has 1 aliphatic heterocycles. The van der Waals surface area contributed by atoms with Crippen LogP contribution in [0, 0.1) is 0 Å². The third-order valence-corrected chi connectivity index (χ3v) is 4.42. The molecular formula is C16H25BrN2O. The molecule has 112 valence electrons. The molecule has 1 aromatic carbocycles. The molecule has 0 amide bonds. The number of benzene rings is 1. The summed E-state index contributed by atoms with van der Waals surface area (Å²) in [5.41, 5.74) is 2.11. The van der Waals surface area contributed by atoms with E-state index >= 15 is 0 Å². The Morgan fingerprint density at radius 2 is 2.00 bits per heavy atom. The number of rotatable bonds is 4. The van der Waals surface area contributed by atoms with Crippen LogP contribution < -0.4 is 10.2 Å². The van der Waals surface area contributed by atoms with E-state index in [1.54, 1.807) is 0 Å². The Morgan fingerprint density at radius 1 is 1.35 bits per heavy atom. The highest BCUT2D eigenvalue weighted by Crippen LogP contribution is 2.30. The zero-order valence-electron chi connectivity index (χ0n) is 12.6. The number of halogens is 1. The predicted octanol–water partition coefficient (Wildman–Crippen LogP) is 3.30. The Labute approximate surface area is 130 Å². The van der Waals surface area contributed by atoms with E-state index in [0.29, 0.717) is 6.04 Å². The number of aliphatic hydroxyl groups is 1. The van der Waals surface area contributed by atoms with Crippen molar-refractivity contribution in [1.82, 2.24) is 5.32 Å². The highest BCUT2D eigenvalue weighted by Gasteiger charge is 2.28. The monoisotopic (exact) mass is 340 g/mol. The van der Waals surface area contributed by atoms with Crippen LogP contribution in [0.1, 0.15) is 39.2 Å². The highest BCUT2D eigenvalue weighted by molar-refractivity contribution is 9.10. The maximum absolute atomic E-state index is 10.1. The minimum absolute atomic E-state index is 0.476. The Morgan fingerprint density at radius 3 is 2.60 bits per heavy atom. The molecule has 0 aliphatic carbocycles. The van der Waals surface area contributed by atoms with Crippen LogP contribution >= 0.6 is 15.9 Å². The first-order valence-electron chi connectivity index (χ1n) is 7.36. The van der Waals surface area contributed by atoms with Gasteiger partial charge in [0.1, 0.15) is 0 Å². The van der Waals surface area contributed by atoms with Gasteiger partial charge < -0.3 is 15.3 Å². The zero-order chi connectivity index (χ0) is 14.8. The van der Waals surface area contributed by atoms with Crippen LogP contribution in [0.15, 0.2) is 22.7 Å². The number of piperidine rings is 1. The Hall–Kier alpha value is -0.580. The van der Waals surface area contributed by atoms with Crippen molar-refractivity contribution in [3.63, 3.8) is 0 Å². The molecule has 0 saturated carbocycles. The fraction of sp³-hybridized carbons (Fsp3) is 0.625. The Balaban J connectivity index is 2.14. The van der Waals surface area contributed by atoms with Crippen LogP contribution in [-0.2, 0) is 6.54 Å². The minimum atomic E-state index is -0.498. The normalized spacial score (nSPS) is 18.6. The van der Waals surface area contributed by atoms with E-state index in [0.717, 1.165) is 36.9 Å². The van der Waals surface area contributed by atoms with Gasteiger partial charge in [-0.05, 0) is 43.5 Å². The van der Waals surface area contributed by atoms with Gasteiger partial charge in [-0.25, -0.2) is 0 Å². The summed E-state index contributed by atoms with van der Waals surface area (Å²) < 4.78 is 1.12. The Kier molecular flexibility index (Phi) is 5.10. The van der Waals surface area contributed by atoms with Crippen LogP contribution in [0.4, 0.5) is 5.69 Å². The average molecular weight is 341 g/mol. The first-order chi connectivity index (χ1) is 9.37. The van der Waals surface area contributed by atoms with Crippen molar-refractivity contribution in [3.05, 3.63) is 28.2 Å². The van der Waals surface area contributed by atoms with Gasteiger partial charge in [0.25, 0.3) is 0 Å². The van der Waals surface area contributed by atoms with E-state index < -0.39 is 5.60 Å². The molecule has 0 spiro atoms. The van der Waals surface area contributed by atoms with E-state index in [2.05, 4.69) is 58.2 Å². The molecule has 1 fully saturated rings. The highest BCUT2D eigenvalue weighted by atomic mass is 79.9. The molecule has 1 aliphatic rings. The first kappa shape index (κ1) is 15.8. The Bertz CT molecular complexity index is 450. The lowest BCUT2D eigenvalue weighted by molar-refractivity contribution is 0.0351. The summed E-state index contributed by atoms with van der Waals surface area (Å²) in [7, 11) is 0. The quantitative estimate of drug-likeness (QED) is 0.882. The summed E-state index contributed by atoms with van der Waals surface area (Å²) in [6, 6.07) is 6.95. The van der Waals surface area contributed by atoms with Crippen molar-refractivity contribution in [3.8, 4) is 0 Å². The maximum atomic E-state index is 10.1. The molecule has 1 aromatic rings. The van der Waals surface area contributed by atoms with Gasteiger partial charge in [-0.3, -0.25) is 0 Å². The number of nitrogens with zero attached hydrogens (tertiary/aromatic N) is 1. The predicted molar refractivity (Wildman–Crippen MR) is 88.2 cm³/mol. The van der Waals surface area contributed by atoms with Crippen molar-refractivity contribution < 1.29 is 5.11 Å². The first-order valence-corrected chi connectivity index (χ1v) is 8.16.